The molecule has 0 aliphatic carbocycles. The molecule has 0 spiro atoms. The standard InChI is InChI=1S/C9H13N3OS/c1-3-4-7(5-11-2)12-8(13)6-14-9(12)10/h4-5,10H,3,6H2,1-2H3/b7-4+,10-9?,11-5?. The van der Waals surface area contributed by atoms with Gasteiger partial charge in [0.1, 0.15) is 0 Å². The summed E-state index contributed by atoms with van der Waals surface area (Å²) in [5.74, 6) is 0.317. The van der Waals surface area contributed by atoms with Gasteiger partial charge in [0, 0.05) is 13.3 Å². The van der Waals surface area contributed by atoms with Crippen molar-refractivity contribution >= 4 is 29.1 Å². The van der Waals surface area contributed by atoms with Gasteiger partial charge < -0.3 is 0 Å². The molecule has 5 heteroatoms. The SMILES string of the molecule is CC/C=C(\C=NC)N1C(=N)SCC1=O. The summed E-state index contributed by atoms with van der Waals surface area (Å²) in [5, 5.41) is 7.88. The van der Waals surface area contributed by atoms with Crippen molar-refractivity contribution in [1.82, 2.24) is 4.90 Å². The fourth-order valence-electron chi connectivity index (χ4n) is 1.18. The van der Waals surface area contributed by atoms with Crippen LogP contribution in [0.3, 0.4) is 0 Å². The van der Waals surface area contributed by atoms with E-state index in [-0.39, 0.29) is 11.1 Å². The maximum absolute atomic E-state index is 11.4. The van der Waals surface area contributed by atoms with Gasteiger partial charge in [-0.2, -0.15) is 0 Å². The van der Waals surface area contributed by atoms with Crippen molar-refractivity contribution in [2.45, 2.75) is 13.3 Å². The fourth-order valence-corrected chi connectivity index (χ4v) is 1.90. The van der Waals surface area contributed by atoms with Crippen LogP contribution in [0.15, 0.2) is 16.8 Å². The molecule has 76 valence electrons. The number of rotatable bonds is 3. The smallest absolute Gasteiger partial charge is 0.243 e. The number of thioether (sulfide) groups is 1. The van der Waals surface area contributed by atoms with E-state index in [9.17, 15) is 4.79 Å². The summed E-state index contributed by atoms with van der Waals surface area (Å²) in [7, 11) is 1.65. The molecular weight excluding hydrogens is 198 g/mol. The number of hydrogen-bond donors (Lipinski definition) is 1. The maximum atomic E-state index is 11.4. The van der Waals surface area contributed by atoms with E-state index in [0.29, 0.717) is 11.4 Å². The van der Waals surface area contributed by atoms with Crippen LogP contribution in [0.1, 0.15) is 13.3 Å². The van der Waals surface area contributed by atoms with Gasteiger partial charge >= 0.3 is 0 Å². The third-order valence-electron chi connectivity index (χ3n) is 1.72. The Labute approximate surface area is 87.6 Å². The van der Waals surface area contributed by atoms with Gasteiger partial charge in [-0.05, 0) is 6.42 Å². The second-order valence-corrected chi connectivity index (χ2v) is 3.71. The van der Waals surface area contributed by atoms with Gasteiger partial charge in [0.25, 0.3) is 0 Å². The Kier molecular flexibility index (Phi) is 3.88. The number of allylic oxidation sites excluding steroid dienone is 2. The first kappa shape index (κ1) is 11.0. The Morgan fingerprint density at radius 1 is 1.79 bits per heavy atom. The summed E-state index contributed by atoms with van der Waals surface area (Å²) in [6, 6.07) is 0. The van der Waals surface area contributed by atoms with Gasteiger partial charge in [-0.3, -0.25) is 20.1 Å². The predicted molar refractivity (Wildman–Crippen MR) is 59.8 cm³/mol. The van der Waals surface area contributed by atoms with Gasteiger partial charge in [0.2, 0.25) is 5.91 Å². The lowest BCUT2D eigenvalue weighted by Gasteiger charge is -2.14. The molecule has 0 atom stereocenters. The van der Waals surface area contributed by atoms with Crippen LogP contribution >= 0.6 is 11.8 Å². The Balaban J connectivity index is 2.92. The first-order valence-electron chi connectivity index (χ1n) is 4.37. The number of amides is 1. The summed E-state index contributed by atoms with van der Waals surface area (Å²) in [6.45, 7) is 1.99. The zero-order chi connectivity index (χ0) is 10.6. The van der Waals surface area contributed by atoms with E-state index in [4.69, 9.17) is 5.41 Å². The van der Waals surface area contributed by atoms with E-state index in [1.54, 1.807) is 13.3 Å². The minimum atomic E-state index is -0.0420. The molecule has 1 aliphatic heterocycles. The van der Waals surface area contributed by atoms with Crippen LogP contribution in [0.5, 0.6) is 0 Å². The highest BCUT2D eigenvalue weighted by Gasteiger charge is 2.28. The van der Waals surface area contributed by atoms with Gasteiger partial charge in [-0.25, -0.2) is 0 Å². The van der Waals surface area contributed by atoms with Crippen LogP contribution in [-0.4, -0.2) is 35.0 Å². The topological polar surface area (TPSA) is 56.5 Å². The molecule has 1 aliphatic rings. The quantitative estimate of drug-likeness (QED) is 0.719. The molecule has 4 nitrogen and oxygen atoms in total. The molecular formula is C9H13N3OS. The summed E-state index contributed by atoms with van der Waals surface area (Å²) in [5.41, 5.74) is 0.704. The number of nitrogens with zero attached hydrogens (tertiary/aromatic N) is 2. The molecule has 1 amide bonds. The average molecular weight is 211 g/mol. The van der Waals surface area contributed by atoms with E-state index in [0.717, 1.165) is 6.42 Å². The van der Waals surface area contributed by atoms with Crippen LogP contribution in [0.4, 0.5) is 0 Å². The van der Waals surface area contributed by atoms with Crippen LogP contribution < -0.4 is 0 Å². The first-order chi connectivity index (χ1) is 6.70. The third-order valence-corrected chi connectivity index (χ3v) is 2.56. The Morgan fingerprint density at radius 3 is 2.93 bits per heavy atom. The molecule has 1 N–H and O–H groups in total. The molecule has 0 aromatic rings. The molecule has 1 fully saturated rings. The average Bonchev–Trinajstić information content (AvgIpc) is 2.46. The fraction of sp³-hybridized carbons (Fsp3) is 0.444. The zero-order valence-corrected chi connectivity index (χ0v) is 9.10. The van der Waals surface area contributed by atoms with Crippen molar-refractivity contribution < 1.29 is 4.79 Å². The molecule has 0 radical (unpaired) electrons. The highest BCUT2D eigenvalue weighted by molar-refractivity contribution is 8.14. The Bertz CT molecular complexity index is 293. The second-order valence-electron chi connectivity index (χ2n) is 2.75. The van der Waals surface area contributed by atoms with Crippen LogP contribution in [0.2, 0.25) is 0 Å². The van der Waals surface area contributed by atoms with Crippen molar-refractivity contribution in [3.05, 3.63) is 11.8 Å². The van der Waals surface area contributed by atoms with Gasteiger partial charge in [0.05, 0.1) is 11.4 Å². The number of aliphatic imine (C=N–C) groups is 1. The molecule has 1 saturated heterocycles. The molecule has 1 rings (SSSR count). The summed E-state index contributed by atoms with van der Waals surface area (Å²) in [4.78, 5) is 16.7. The van der Waals surface area contributed by atoms with Crippen molar-refractivity contribution in [3.8, 4) is 0 Å². The van der Waals surface area contributed by atoms with Crippen LogP contribution in [0.25, 0.3) is 0 Å². The van der Waals surface area contributed by atoms with E-state index >= 15 is 0 Å². The van der Waals surface area contributed by atoms with Crippen LogP contribution in [0, 0.1) is 5.41 Å². The van der Waals surface area contributed by atoms with Crippen molar-refractivity contribution in [1.29, 1.82) is 5.41 Å². The first-order valence-corrected chi connectivity index (χ1v) is 5.36. The number of hydrogen-bond acceptors (Lipinski definition) is 4. The zero-order valence-electron chi connectivity index (χ0n) is 8.28. The lowest BCUT2D eigenvalue weighted by molar-refractivity contribution is -0.122. The summed E-state index contributed by atoms with van der Waals surface area (Å²) < 4.78 is 0. The Hall–Kier alpha value is -1.10. The van der Waals surface area contributed by atoms with E-state index < -0.39 is 0 Å². The minimum absolute atomic E-state index is 0.0420. The molecule has 0 aromatic carbocycles. The second kappa shape index (κ2) is 4.95. The predicted octanol–water partition coefficient (Wildman–Crippen LogP) is 1.49. The largest absolute Gasteiger partial charge is 0.294 e. The highest BCUT2D eigenvalue weighted by atomic mass is 32.2. The van der Waals surface area contributed by atoms with Crippen LogP contribution in [-0.2, 0) is 4.79 Å². The molecule has 0 aromatic heterocycles. The molecule has 0 bridgehead atoms. The molecule has 14 heavy (non-hydrogen) atoms. The number of nitrogens with one attached hydrogen (secondary N) is 1. The summed E-state index contributed by atoms with van der Waals surface area (Å²) in [6.07, 6.45) is 4.33. The monoisotopic (exact) mass is 211 g/mol. The normalized spacial score (nSPS) is 18.7. The minimum Gasteiger partial charge on any atom is -0.294 e. The van der Waals surface area contributed by atoms with Gasteiger partial charge in [0.15, 0.2) is 5.17 Å². The molecule has 0 saturated carbocycles. The Morgan fingerprint density at radius 2 is 2.50 bits per heavy atom. The van der Waals surface area contributed by atoms with E-state index in [2.05, 4.69) is 4.99 Å². The van der Waals surface area contributed by atoms with Crippen molar-refractivity contribution in [2.24, 2.45) is 4.99 Å². The van der Waals surface area contributed by atoms with Gasteiger partial charge in [-0.1, -0.05) is 24.8 Å². The van der Waals surface area contributed by atoms with Gasteiger partial charge in [-0.15, -0.1) is 0 Å². The summed E-state index contributed by atoms with van der Waals surface area (Å²) >= 11 is 1.25. The highest BCUT2D eigenvalue weighted by Crippen LogP contribution is 2.21. The van der Waals surface area contributed by atoms with Crippen molar-refractivity contribution in [3.63, 3.8) is 0 Å². The van der Waals surface area contributed by atoms with Crippen molar-refractivity contribution in [2.75, 3.05) is 12.8 Å². The number of amidine groups is 1. The third kappa shape index (κ3) is 2.23. The lowest BCUT2D eigenvalue weighted by Crippen LogP contribution is -2.29. The lowest BCUT2D eigenvalue weighted by atomic mass is 10.3. The maximum Gasteiger partial charge on any atom is 0.243 e. The molecule has 0 unspecified atom stereocenters. The van der Waals surface area contributed by atoms with E-state index in [1.807, 2.05) is 13.0 Å². The number of carbonyl (C=O) groups is 1. The molecule has 1 heterocycles. The number of carbonyl (C=O) groups excluding carboxylic acids is 1. The van der Waals surface area contributed by atoms with E-state index in [1.165, 1.54) is 16.7 Å².